The summed E-state index contributed by atoms with van der Waals surface area (Å²) in [5, 5.41) is 6.43. The van der Waals surface area contributed by atoms with E-state index in [1.807, 2.05) is 34.6 Å². The van der Waals surface area contributed by atoms with Crippen LogP contribution in [0.2, 0.25) is 0 Å². The van der Waals surface area contributed by atoms with Gasteiger partial charge in [0.1, 0.15) is 11.6 Å². The first-order valence-corrected chi connectivity index (χ1v) is 10.3. The molecule has 0 aliphatic heterocycles. The van der Waals surface area contributed by atoms with Gasteiger partial charge < -0.3 is 5.32 Å². The number of nitrogens with zero attached hydrogens (tertiary/aromatic N) is 3. The van der Waals surface area contributed by atoms with E-state index in [0.29, 0.717) is 13.1 Å². The van der Waals surface area contributed by atoms with E-state index in [1.54, 1.807) is 6.92 Å². The molecule has 0 aromatic heterocycles. The molecular formula is C21H38N4O3. The van der Waals surface area contributed by atoms with E-state index >= 15 is 0 Å². The molecule has 28 heavy (non-hydrogen) atoms. The zero-order chi connectivity index (χ0) is 21.7. The van der Waals surface area contributed by atoms with Crippen LogP contribution in [0.4, 0.5) is 0 Å². The van der Waals surface area contributed by atoms with Gasteiger partial charge >= 0.3 is 0 Å². The van der Waals surface area contributed by atoms with Crippen molar-refractivity contribution in [3.63, 3.8) is 0 Å². The average Bonchev–Trinajstić information content (AvgIpc) is 2.60. The highest BCUT2D eigenvalue weighted by Gasteiger charge is 2.30. The van der Waals surface area contributed by atoms with Gasteiger partial charge in [-0.2, -0.15) is 0 Å². The Labute approximate surface area is 169 Å². The van der Waals surface area contributed by atoms with Crippen molar-refractivity contribution in [2.24, 2.45) is 28.3 Å². The van der Waals surface area contributed by atoms with Crippen LogP contribution in [0.15, 0.2) is 5.11 Å². The molecule has 0 unspecified atom stereocenters. The molecule has 0 bridgehead atoms. The third-order valence-corrected chi connectivity index (χ3v) is 4.99. The fraction of sp³-hybridized carbons (Fsp3) is 0.857. The minimum atomic E-state index is -0.454. The van der Waals surface area contributed by atoms with Gasteiger partial charge in [0.25, 0.3) is 0 Å². The van der Waals surface area contributed by atoms with Crippen LogP contribution < -0.4 is 5.32 Å². The Kier molecular flexibility index (Phi) is 12.4. The Morgan fingerprint density at radius 1 is 1.00 bits per heavy atom. The molecule has 0 saturated heterocycles. The van der Waals surface area contributed by atoms with Crippen molar-refractivity contribution in [2.75, 3.05) is 13.1 Å². The van der Waals surface area contributed by atoms with Crippen LogP contribution in [0, 0.1) is 23.2 Å². The van der Waals surface area contributed by atoms with E-state index in [0.717, 1.165) is 25.7 Å². The quantitative estimate of drug-likeness (QED) is 0.197. The van der Waals surface area contributed by atoms with Gasteiger partial charge in [-0.25, -0.2) is 0 Å². The molecule has 0 aromatic rings. The molecule has 1 amide bonds. The number of nitrogens with one attached hydrogen (secondary N) is 1. The van der Waals surface area contributed by atoms with E-state index in [2.05, 4.69) is 15.3 Å². The average molecular weight is 395 g/mol. The Bertz CT molecular complexity index is 560. The minimum absolute atomic E-state index is 0.0236. The zero-order valence-electron chi connectivity index (χ0n) is 18.5. The summed E-state index contributed by atoms with van der Waals surface area (Å²) in [7, 11) is 0. The van der Waals surface area contributed by atoms with Crippen LogP contribution in [0.1, 0.15) is 80.1 Å². The molecule has 160 valence electrons. The van der Waals surface area contributed by atoms with Gasteiger partial charge in [-0.3, -0.25) is 14.4 Å². The van der Waals surface area contributed by atoms with Gasteiger partial charge in [0.2, 0.25) is 5.91 Å². The van der Waals surface area contributed by atoms with Gasteiger partial charge in [-0.1, -0.05) is 59.5 Å². The van der Waals surface area contributed by atoms with Crippen molar-refractivity contribution in [2.45, 2.75) is 80.1 Å². The summed E-state index contributed by atoms with van der Waals surface area (Å²) in [4.78, 5) is 40.0. The number of hydrogen-bond donors (Lipinski definition) is 1. The largest absolute Gasteiger partial charge is 0.356 e. The zero-order valence-corrected chi connectivity index (χ0v) is 18.5. The van der Waals surface area contributed by atoms with Crippen molar-refractivity contribution >= 4 is 17.5 Å². The first-order valence-electron chi connectivity index (χ1n) is 10.3. The number of rotatable bonds is 14. The van der Waals surface area contributed by atoms with Gasteiger partial charge in [0, 0.05) is 48.1 Å². The molecule has 2 atom stereocenters. The second kappa shape index (κ2) is 13.3. The van der Waals surface area contributed by atoms with Crippen LogP contribution in [0.3, 0.4) is 0 Å². The van der Waals surface area contributed by atoms with Crippen molar-refractivity contribution in [3.05, 3.63) is 10.4 Å². The number of Topliss-reactive ketones (excluding diaryl/α,β-unsaturated/α-hetero) is 2. The highest BCUT2D eigenvalue weighted by Crippen LogP contribution is 2.23. The van der Waals surface area contributed by atoms with Crippen molar-refractivity contribution in [1.82, 2.24) is 5.32 Å². The van der Waals surface area contributed by atoms with Crippen LogP contribution in [0.25, 0.3) is 10.4 Å². The smallest absolute Gasteiger partial charge is 0.223 e. The molecule has 0 aliphatic carbocycles. The molecule has 0 rings (SSSR count). The number of carbonyl (C=O) groups excluding carboxylic acids is 3. The highest BCUT2D eigenvalue weighted by atomic mass is 16.2. The van der Waals surface area contributed by atoms with Gasteiger partial charge in [0.15, 0.2) is 0 Å². The number of hydrogen-bond acceptors (Lipinski definition) is 4. The fourth-order valence-corrected chi connectivity index (χ4v) is 2.80. The van der Waals surface area contributed by atoms with E-state index in [9.17, 15) is 14.4 Å². The third kappa shape index (κ3) is 11.1. The van der Waals surface area contributed by atoms with E-state index in [1.165, 1.54) is 0 Å². The van der Waals surface area contributed by atoms with Crippen LogP contribution in [0.5, 0.6) is 0 Å². The lowest BCUT2D eigenvalue weighted by atomic mass is 9.81. The molecule has 1 N–H and O–H groups in total. The molecule has 7 heteroatoms. The maximum atomic E-state index is 12.6. The monoisotopic (exact) mass is 394 g/mol. The number of unbranched alkanes of at least 4 members (excludes halogenated alkanes) is 3. The maximum Gasteiger partial charge on any atom is 0.223 e. The van der Waals surface area contributed by atoms with Crippen molar-refractivity contribution in [1.29, 1.82) is 0 Å². The molecule has 0 radical (unpaired) electrons. The van der Waals surface area contributed by atoms with Crippen LogP contribution in [-0.4, -0.2) is 30.6 Å². The van der Waals surface area contributed by atoms with Crippen LogP contribution in [-0.2, 0) is 14.4 Å². The number of azide groups is 1. The SMILES string of the molecule is CC(C)[C@@H](CC(=O)[C@@H](C)CC(=O)C(C)(C)C)C(=O)NCCCCCCN=[N+]=[N-]. The van der Waals surface area contributed by atoms with Gasteiger partial charge in [-0.05, 0) is 24.3 Å². The summed E-state index contributed by atoms with van der Waals surface area (Å²) in [5.41, 5.74) is 7.76. The predicted octanol–water partition coefficient (Wildman–Crippen LogP) is 4.85. The number of ketones is 2. The summed E-state index contributed by atoms with van der Waals surface area (Å²) >= 11 is 0. The normalized spacial score (nSPS) is 13.5. The Hall–Kier alpha value is -1.88. The first-order chi connectivity index (χ1) is 13.0. The molecular weight excluding hydrogens is 356 g/mol. The van der Waals surface area contributed by atoms with Gasteiger partial charge in [-0.15, -0.1) is 0 Å². The molecule has 0 aromatic carbocycles. The van der Waals surface area contributed by atoms with Crippen molar-refractivity contribution in [3.8, 4) is 0 Å². The lowest BCUT2D eigenvalue weighted by molar-refractivity contribution is -0.134. The summed E-state index contributed by atoms with van der Waals surface area (Å²) < 4.78 is 0. The Morgan fingerprint density at radius 3 is 2.14 bits per heavy atom. The van der Waals surface area contributed by atoms with Crippen LogP contribution >= 0.6 is 0 Å². The second-order valence-electron chi connectivity index (χ2n) is 8.96. The number of carbonyl (C=O) groups is 3. The Balaban J connectivity index is 4.41. The van der Waals surface area contributed by atoms with Crippen molar-refractivity contribution < 1.29 is 14.4 Å². The summed E-state index contributed by atoms with van der Waals surface area (Å²) in [6, 6.07) is 0. The molecule has 0 aliphatic rings. The first kappa shape index (κ1) is 26.1. The van der Waals surface area contributed by atoms with E-state index in [-0.39, 0.29) is 48.1 Å². The summed E-state index contributed by atoms with van der Waals surface area (Å²) in [6.45, 7) is 12.3. The third-order valence-electron chi connectivity index (χ3n) is 4.99. The minimum Gasteiger partial charge on any atom is -0.356 e. The molecule has 0 fully saturated rings. The highest BCUT2D eigenvalue weighted by molar-refractivity contribution is 5.92. The maximum absolute atomic E-state index is 12.6. The molecule has 7 nitrogen and oxygen atoms in total. The number of amides is 1. The second-order valence-corrected chi connectivity index (χ2v) is 8.96. The van der Waals surface area contributed by atoms with Gasteiger partial charge in [0.05, 0.1) is 0 Å². The summed E-state index contributed by atoms with van der Waals surface area (Å²) in [5.74, 6) is -0.726. The summed E-state index contributed by atoms with van der Waals surface area (Å²) in [6.07, 6.45) is 4.03. The molecule has 0 saturated carbocycles. The lowest BCUT2D eigenvalue weighted by Gasteiger charge is -2.23. The lowest BCUT2D eigenvalue weighted by Crippen LogP contribution is -2.36. The standard InChI is InChI=1S/C21H38N4O3/c1-15(2)17(14-18(26)16(3)13-19(27)21(4,5)6)20(28)23-11-9-7-8-10-12-24-25-22/h15-17H,7-14H2,1-6H3,(H,23,28)/t16-,17+/m0/s1. The molecule has 0 heterocycles. The van der Waals surface area contributed by atoms with E-state index in [4.69, 9.17) is 5.53 Å². The topological polar surface area (TPSA) is 112 Å². The predicted molar refractivity (Wildman–Crippen MR) is 112 cm³/mol. The molecule has 0 spiro atoms. The fourth-order valence-electron chi connectivity index (χ4n) is 2.80. The van der Waals surface area contributed by atoms with E-state index < -0.39 is 5.41 Å². The Morgan fingerprint density at radius 2 is 1.61 bits per heavy atom.